The molecule has 10 heteroatoms. The van der Waals surface area contributed by atoms with Crippen molar-refractivity contribution >= 4 is 45.5 Å². The molecule has 178 valence electrons. The maximum absolute atomic E-state index is 12.9. The predicted molar refractivity (Wildman–Crippen MR) is 137 cm³/mol. The van der Waals surface area contributed by atoms with E-state index in [9.17, 15) is 4.79 Å². The van der Waals surface area contributed by atoms with Gasteiger partial charge >= 0.3 is 0 Å². The van der Waals surface area contributed by atoms with Crippen molar-refractivity contribution in [3.63, 3.8) is 0 Å². The Bertz CT molecular complexity index is 1380. The van der Waals surface area contributed by atoms with Crippen molar-refractivity contribution in [3.8, 4) is 10.6 Å². The van der Waals surface area contributed by atoms with Gasteiger partial charge in [-0.2, -0.15) is 0 Å². The van der Waals surface area contributed by atoms with Gasteiger partial charge < -0.3 is 15.5 Å². The molecule has 1 aromatic carbocycles. The van der Waals surface area contributed by atoms with Crippen molar-refractivity contribution in [2.24, 2.45) is 5.92 Å². The Morgan fingerprint density at radius 3 is 2.69 bits per heavy atom. The maximum Gasteiger partial charge on any atom is 0.284 e. The van der Waals surface area contributed by atoms with E-state index in [0.29, 0.717) is 27.8 Å². The number of benzene rings is 1. The van der Waals surface area contributed by atoms with E-state index < -0.39 is 0 Å². The number of likely N-dealkylation sites (tertiary alicyclic amines) is 1. The normalized spacial score (nSPS) is 18.0. The number of carbonyl (C=O) groups excluding carboxylic acids is 1. The summed E-state index contributed by atoms with van der Waals surface area (Å²) in [6.45, 7) is 3.74. The Hall–Kier alpha value is -3.66. The fourth-order valence-corrected chi connectivity index (χ4v) is 5.28. The van der Waals surface area contributed by atoms with Gasteiger partial charge in [0.15, 0.2) is 5.01 Å². The molecule has 4 heterocycles. The molecule has 1 aliphatic heterocycles. The molecule has 4 aromatic rings. The molecular weight excluding hydrogens is 460 g/mol. The Morgan fingerprint density at radius 1 is 1.06 bits per heavy atom. The van der Waals surface area contributed by atoms with E-state index in [1.54, 1.807) is 18.6 Å². The van der Waals surface area contributed by atoms with Crippen molar-refractivity contribution in [2.45, 2.75) is 38.6 Å². The molecule has 1 amide bonds. The Balaban J connectivity index is 1.27. The third kappa shape index (κ3) is 4.53. The largest absolute Gasteiger partial charge is 0.382 e. The Labute approximate surface area is 207 Å². The van der Waals surface area contributed by atoms with Gasteiger partial charge in [-0.1, -0.05) is 18.3 Å². The minimum Gasteiger partial charge on any atom is -0.382 e. The van der Waals surface area contributed by atoms with Gasteiger partial charge in [0.05, 0.1) is 16.6 Å². The molecule has 2 N–H and O–H groups in total. The quantitative estimate of drug-likeness (QED) is 0.402. The summed E-state index contributed by atoms with van der Waals surface area (Å²) < 4.78 is 0. The fourth-order valence-electron chi connectivity index (χ4n) is 4.45. The second kappa shape index (κ2) is 9.18. The van der Waals surface area contributed by atoms with Crippen LogP contribution in [0.4, 0.5) is 17.2 Å². The van der Waals surface area contributed by atoms with E-state index in [4.69, 9.17) is 0 Å². The highest BCUT2D eigenvalue weighted by atomic mass is 32.1. The number of nitrogens with zero attached hydrogens (tertiary/aromatic N) is 6. The lowest BCUT2D eigenvalue weighted by atomic mass is 9.93. The number of fused-ring (bicyclic) bond motifs is 1. The van der Waals surface area contributed by atoms with Gasteiger partial charge in [-0.05, 0) is 49.8 Å². The lowest BCUT2D eigenvalue weighted by Gasteiger charge is -2.28. The molecule has 35 heavy (non-hydrogen) atoms. The molecule has 1 saturated heterocycles. The van der Waals surface area contributed by atoms with Gasteiger partial charge in [0.1, 0.15) is 5.82 Å². The molecular formula is C25H26N8OS. The molecule has 1 atom stereocenters. The highest BCUT2D eigenvalue weighted by molar-refractivity contribution is 7.16. The molecule has 2 fully saturated rings. The van der Waals surface area contributed by atoms with E-state index in [1.165, 1.54) is 17.8 Å². The van der Waals surface area contributed by atoms with Gasteiger partial charge in [0, 0.05) is 55.2 Å². The Kier molecular flexibility index (Phi) is 5.73. The average Bonchev–Trinajstić information content (AvgIpc) is 3.51. The molecule has 0 spiro atoms. The number of hydrogen-bond donors (Lipinski definition) is 2. The van der Waals surface area contributed by atoms with Gasteiger partial charge in [0.25, 0.3) is 5.91 Å². The summed E-state index contributed by atoms with van der Waals surface area (Å²) in [5, 5.41) is 16.7. The van der Waals surface area contributed by atoms with Crippen LogP contribution in [0.2, 0.25) is 0 Å². The second-order valence-electron chi connectivity index (χ2n) is 9.33. The summed E-state index contributed by atoms with van der Waals surface area (Å²) in [6, 6.07) is 8.29. The zero-order valence-corrected chi connectivity index (χ0v) is 20.3. The lowest BCUT2D eigenvalue weighted by molar-refractivity contribution is 0.0787. The molecule has 1 saturated carbocycles. The SMILES string of the molecule is CC1CCN(C(=O)c2nnc(-c3cnc(Nc4ccc5nccnc5c4)cc3NC3CCC3)s2)C1. The third-order valence-corrected chi connectivity index (χ3v) is 7.60. The summed E-state index contributed by atoms with van der Waals surface area (Å²) in [5.41, 5.74) is 4.35. The van der Waals surface area contributed by atoms with Gasteiger partial charge in [-0.15, -0.1) is 10.2 Å². The summed E-state index contributed by atoms with van der Waals surface area (Å²) >= 11 is 1.33. The molecule has 0 radical (unpaired) electrons. The Morgan fingerprint density at radius 2 is 1.91 bits per heavy atom. The van der Waals surface area contributed by atoms with Gasteiger partial charge in [-0.25, -0.2) is 4.98 Å². The van der Waals surface area contributed by atoms with Crippen molar-refractivity contribution in [2.75, 3.05) is 23.7 Å². The molecule has 2 aliphatic rings. The van der Waals surface area contributed by atoms with Crippen LogP contribution >= 0.6 is 11.3 Å². The van der Waals surface area contributed by atoms with Gasteiger partial charge in [0.2, 0.25) is 5.01 Å². The summed E-state index contributed by atoms with van der Waals surface area (Å²) in [6.07, 6.45) is 9.72. The van der Waals surface area contributed by atoms with Crippen LogP contribution in [0, 0.1) is 5.92 Å². The standard InChI is InChI=1S/C25H26N8OS/c1-15-7-10-33(14-15)25(34)24-32-31-23(35-24)18-13-28-22(12-20(18)29-16-3-2-4-16)30-17-5-6-19-21(11-17)27-9-8-26-19/h5-6,8-9,11-13,15-16H,2-4,7,10,14H2,1H3,(H2,28,29,30). The smallest absolute Gasteiger partial charge is 0.284 e. The van der Waals surface area contributed by atoms with E-state index in [-0.39, 0.29) is 5.91 Å². The molecule has 9 nitrogen and oxygen atoms in total. The van der Waals surface area contributed by atoms with Crippen LogP contribution in [0.1, 0.15) is 42.4 Å². The number of hydrogen-bond acceptors (Lipinski definition) is 9. The van der Waals surface area contributed by atoms with Crippen LogP contribution in [-0.2, 0) is 0 Å². The zero-order chi connectivity index (χ0) is 23.8. The lowest BCUT2D eigenvalue weighted by Crippen LogP contribution is -2.28. The highest BCUT2D eigenvalue weighted by Gasteiger charge is 2.27. The first kappa shape index (κ1) is 21.8. The first-order valence-electron chi connectivity index (χ1n) is 12.0. The van der Waals surface area contributed by atoms with Crippen LogP contribution in [-0.4, -0.2) is 55.1 Å². The monoisotopic (exact) mass is 486 g/mol. The van der Waals surface area contributed by atoms with Crippen molar-refractivity contribution < 1.29 is 4.79 Å². The number of carbonyl (C=O) groups is 1. The maximum atomic E-state index is 12.9. The van der Waals surface area contributed by atoms with E-state index >= 15 is 0 Å². The highest BCUT2D eigenvalue weighted by Crippen LogP contribution is 2.35. The first-order chi connectivity index (χ1) is 17.1. The third-order valence-electron chi connectivity index (χ3n) is 6.66. The van der Waals surface area contributed by atoms with Crippen LogP contribution in [0.15, 0.2) is 42.9 Å². The van der Waals surface area contributed by atoms with Crippen LogP contribution in [0.5, 0.6) is 0 Å². The summed E-state index contributed by atoms with van der Waals surface area (Å²) in [4.78, 5) is 28.1. The molecule has 6 rings (SSSR count). The van der Waals surface area contributed by atoms with Crippen LogP contribution in [0.3, 0.4) is 0 Å². The number of rotatable bonds is 6. The minimum atomic E-state index is -0.0303. The first-order valence-corrected chi connectivity index (χ1v) is 12.8. The van der Waals surface area contributed by atoms with Crippen molar-refractivity contribution in [3.05, 3.63) is 47.9 Å². The number of aromatic nitrogens is 5. The van der Waals surface area contributed by atoms with Gasteiger partial charge in [-0.3, -0.25) is 14.8 Å². The average molecular weight is 487 g/mol. The number of amides is 1. The number of pyridine rings is 1. The molecule has 1 aliphatic carbocycles. The van der Waals surface area contributed by atoms with E-state index in [1.807, 2.05) is 29.2 Å². The van der Waals surface area contributed by atoms with Crippen LogP contribution < -0.4 is 10.6 Å². The molecule has 0 bridgehead atoms. The fraction of sp³-hybridized carbons (Fsp3) is 0.360. The van der Waals surface area contributed by atoms with Crippen molar-refractivity contribution in [1.29, 1.82) is 0 Å². The second-order valence-corrected chi connectivity index (χ2v) is 10.3. The summed E-state index contributed by atoms with van der Waals surface area (Å²) in [7, 11) is 0. The minimum absolute atomic E-state index is 0.0303. The van der Waals surface area contributed by atoms with Crippen molar-refractivity contribution in [1.82, 2.24) is 30.0 Å². The number of anilines is 3. The van der Waals surface area contributed by atoms with E-state index in [2.05, 4.69) is 42.7 Å². The van der Waals surface area contributed by atoms with E-state index in [0.717, 1.165) is 60.3 Å². The predicted octanol–water partition coefficient (Wildman–Crippen LogP) is 4.73. The molecule has 3 aromatic heterocycles. The topological polar surface area (TPSA) is 109 Å². The zero-order valence-electron chi connectivity index (χ0n) is 19.4. The summed E-state index contributed by atoms with van der Waals surface area (Å²) in [5.74, 6) is 1.21. The van der Waals surface area contributed by atoms with Crippen LogP contribution in [0.25, 0.3) is 21.6 Å². The molecule has 1 unspecified atom stereocenters. The number of nitrogens with one attached hydrogen (secondary N) is 2.